The van der Waals surface area contributed by atoms with E-state index < -0.39 is 17.4 Å². The lowest BCUT2D eigenvalue weighted by molar-refractivity contribution is -0.151. The number of allylic oxidation sites excluding steroid dienone is 1. The SMILES string of the molecule is CCCCC(CC)=C(C(=O)O)C(CCCC)(CC(C)C)C(=O)O. The molecule has 23 heavy (non-hydrogen) atoms. The van der Waals surface area contributed by atoms with Crippen molar-refractivity contribution in [3.8, 4) is 0 Å². The highest BCUT2D eigenvalue weighted by molar-refractivity contribution is 5.97. The van der Waals surface area contributed by atoms with Gasteiger partial charge in [-0.2, -0.15) is 0 Å². The van der Waals surface area contributed by atoms with Gasteiger partial charge in [0.25, 0.3) is 0 Å². The number of unbranched alkanes of at least 4 members (excludes halogenated alkanes) is 2. The fourth-order valence-electron chi connectivity index (χ4n) is 3.37. The molecule has 0 aromatic rings. The Bertz CT molecular complexity index is 423. The Morgan fingerprint density at radius 2 is 1.57 bits per heavy atom. The molecule has 0 rings (SSSR count). The fraction of sp³-hybridized carbons (Fsp3) is 0.789. The highest BCUT2D eigenvalue weighted by Gasteiger charge is 2.46. The molecule has 0 aliphatic carbocycles. The number of carboxylic acid groups (broad SMARTS) is 2. The summed E-state index contributed by atoms with van der Waals surface area (Å²) in [7, 11) is 0. The summed E-state index contributed by atoms with van der Waals surface area (Å²) >= 11 is 0. The highest BCUT2D eigenvalue weighted by atomic mass is 16.4. The minimum Gasteiger partial charge on any atom is -0.481 e. The van der Waals surface area contributed by atoms with Gasteiger partial charge in [-0.05, 0) is 38.0 Å². The third-order valence-corrected chi connectivity index (χ3v) is 4.43. The number of aliphatic carboxylic acids is 2. The van der Waals surface area contributed by atoms with E-state index in [1.54, 1.807) is 0 Å². The van der Waals surface area contributed by atoms with Gasteiger partial charge >= 0.3 is 11.9 Å². The molecule has 1 unspecified atom stereocenters. The molecule has 0 aromatic heterocycles. The van der Waals surface area contributed by atoms with E-state index in [0.29, 0.717) is 25.7 Å². The fourth-order valence-corrected chi connectivity index (χ4v) is 3.37. The molecule has 4 heteroatoms. The van der Waals surface area contributed by atoms with Crippen LogP contribution in [0.25, 0.3) is 0 Å². The monoisotopic (exact) mass is 326 g/mol. The molecule has 134 valence electrons. The zero-order chi connectivity index (χ0) is 18.0. The van der Waals surface area contributed by atoms with Crippen LogP contribution in [-0.4, -0.2) is 22.2 Å². The molecule has 2 N–H and O–H groups in total. The van der Waals surface area contributed by atoms with Gasteiger partial charge in [0.05, 0.1) is 11.0 Å². The molecule has 0 fully saturated rings. The van der Waals surface area contributed by atoms with Crippen molar-refractivity contribution in [3.05, 3.63) is 11.1 Å². The Labute approximate surface area is 141 Å². The van der Waals surface area contributed by atoms with Gasteiger partial charge in [0, 0.05) is 0 Å². The average Bonchev–Trinajstić information content (AvgIpc) is 2.47. The van der Waals surface area contributed by atoms with E-state index in [2.05, 4.69) is 6.92 Å². The Morgan fingerprint density at radius 3 is 1.91 bits per heavy atom. The van der Waals surface area contributed by atoms with E-state index in [9.17, 15) is 19.8 Å². The Hall–Kier alpha value is -1.32. The van der Waals surface area contributed by atoms with Crippen molar-refractivity contribution in [2.45, 2.75) is 86.0 Å². The number of hydrogen-bond acceptors (Lipinski definition) is 2. The van der Waals surface area contributed by atoms with Crippen LogP contribution in [0, 0.1) is 11.3 Å². The standard InChI is InChI=1S/C19H34O4/c1-6-9-11-15(8-3)16(17(20)21)19(18(22)23,12-10-7-2)13-14(4)5/h14H,6-13H2,1-5H3,(H,20,21)(H,22,23). The zero-order valence-corrected chi connectivity index (χ0v) is 15.4. The Balaban J connectivity index is 6.22. The maximum absolute atomic E-state index is 12.2. The number of carbonyl (C=O) groups is 2. The maximum atomic E-state index is 12.2. The van der Waals surface area contributed by atoms with E-state index in [0.717, 1.165) is 31.3 Å². The number of hydrogen-bond donors (Lipinski definition) is 2. The molecule has 4 nitrogen and oxygen atoms in total. The van der Waals surface area contributed by atoms with Crippen molar-refractivity contribution < 1.29 is 19.8 Å². The molecule has 0 aliphatic rings. The maximum Gasteiger partial charge on any atom is 0.332 e. The second-order valence-electron chi connectivity index (χ2n) is 6.83. The average molecular weight is 326 g/mol. The molecule has 0 spiro atoms. The molecule has 0 aromatic carbocycles. The van der Waals surface area contributed by atoms with Crippen molar-refractivity contribution in [2.75, 3.05) is 0 Å². The quantitative estimate of drug-likeness (QED) is 0.479. The Kier molecular flexibility index (Phi) is 9.85. The first-order valence-electron chi connectivity index (χ1n) is 8.95. The molecule has 0 amide bonds. The highest BCUT2D eigenvalue weighted by Crippen LogP contribution is 2.43. The summed E-state index contributed by atoms with van der Waals surface area (Å²) in [6, 6.07) is 0. The lowest BCUT2D eigenvalue weighted by atomic mass is 9.68. The summed E-state index contributed by atoms with van der Waals surface area (Å²) in [5, 5.41) is 19.8. The summed E-state index contributed by atoms with van der Waals surface area (Å²) in [5.74, 6) is -1.92. The first-order chi connectivity index (χ1) is 10.8. The number of rotatable bonds is 12. The van der Waals surface area contributed by atoms with Crippen LogP contribution >= 0.6 is 0 Å². The molecule has 0 aliphatic heterocycles. The smallest absolute Gasteiger partial charge is 0.332 e. The predicted molar refractivity (Wildman–Crippen MR) is 93.5 cm³/mol. The van der Waals surface area contributed by atoms with E-state index in [1.165, 1.54) is 0 Å². The van der Waals surface area contributed by atoms with Crippen LogP contribution in [0.2, 0.25) is 0 Å². The first kappa shape index (κ1) is 21.7. The normalized spacial score (nSPS) is 15.2. The minimum atomic E-state index is -1.27. The molecule has 0 bridgehead atoms. The number of carboxylic acids is 2. The van der Waals surface area contributed by atoms with E-state index in [4.69, 9.17) is 0 Å². The van der Waals surface area contributed by atoms with Crippen LogP contribution < -0.4 is 0 Å². The van der Waals surface area contributed by atoms with Crippen LogP contribution in [0.1, 0.15) is 86.0 Å². The lowest BCUT2D eigenvalue weighted by Crippen LogP contribution is -2.38. The van der Waals surface area contributed by atoms with Gasteiger partial charge in [0.1, 0.15) is 0 Å². The van der Waals surface area contributed by atoms with E-state index in [-0.39, 0.29) is 11.5 Å². The molecular weight excluding hydrogens is 292 g/mol. The summed E-state index contributed by atoms with van der Waals surface area (Å²) in [6.07, 6.45) is 5.49. The Morgan fingerprint density at radius 1 is 1.00 bits per heavy atom. The third-order valence-electron chi connectivity index (χ3n) is 4.43. The molecule has 0 heterocycles. The molecule has 0 saturated carbocycles. The molecular formula is C19H34O4. The molecule has 1 atom stereocenters. The lowest BCUT2D eigenvalue weighted by Gasteiger charge is -2.34. The molecule has 0 saturated heterocycles. The van der Waals surface area contributed by atoms with Gasteiger partial charge < -0.3 is 10.2 Å². The summed E-state index contributed by atoms with van der Waals surface area (Å²) in [4.78, 5) is 24.2. The van der Waals surface area contributed by atoms with Crippen molar-refractivity contribution in [3.63, 3.8) is 0 Å². The van der Waals surface area contributed by atoms with Gasteiger partial charge in [0.15, 0.2) is 0 Å². The van der Waals surface area contributed by atoms with E-state index >= 15 is 0 Å². The van der Waals surface area contributed by atoms with Crippen molar-refractivity contribution in [1.82, 2.24) is 0 Å². The summed E-state index contributed by atoms with van der Waals surface area (Å²) in [5.41, 5.74) is -0.309. The van der Waals surface area contributed by atoms with Crippen molar-refractivity contribution >= 4 is 11.9 Å². The minimum absolute atomic E-state index is 0.126. The van der Waals surface area contributed by atoms with Gasteiger partial charge in [-0.3, -0.25) is 4.79 Å². The van der Waals surface area contributed by atoms with Crippen LogP contribution in [0.3, 0.4) is 0 Å². The largest absolute Gasteiger partial charge is 0.481 e. The zero-order valence-electron chi connectivity index (χ0n) is 15.4. The van der Waals surface area contributed by atoms with Crippen LogP contribution in [0.4, 0.5) is 0 Å². The van der Waals surface area contributed by atoms with Gasteiger partial charge in [0.2, 0.25) is 0 Å². The van der Waals surface area contributed by atoms with E-state index in [1.807, 2.05) is 27.7 Å². The predicted octanol–water partition coefficient (Wildman–Crippen LogP) is 5.28. The summed E-state index contributed by atoms with van der Waals surface area (Å²) in [6.45, 7) is 9.91. The topological polar surface area (TPSA) is 74.6 Å². The molecule has 0 radical (unpaired) electrons. The van der Waals surface area contributed by atoms with Crippen LogP contribution in [0.5, 0.6) is 0 Å². The van der Waals surface area contributed by atoms with Crippen molar-refractivity contribution in [2.24, 2.45) is 11.3 Å². The van der Waals surface area contributed by atoms with Gasteiger partial charge in [-0.25, -0.2) is 4.79 Å². The van der Waals surface area contributed by atoms with Crippen LogP contribution in [0.15, 0.2) is 11.1 Å². The second kappa shape index (κ2) is 10.5. The van der Waals surface area contributed by atoms with Crippen molar-refractivity contribution in [1.29, 1.82) is 0 Å². The van der Waals surface area contributed by atoms with Gasteiger partial charge in [-0.15, -0.1) is 0 Å². The van der Waals surface area contributed by atoms with Crippen LogP contribution in [-0.2, 0) is 9.59 Å². The second-order valence-corrected chi connectivity index (χ2v) is 6.83. The third kappa shape index (κ3) is 6.00. The first-order valence-corrected chi connectivity index (χ1v) is 8.95. The van der Waals surface area contributed by atoms with Gasteiger partial charge in [-0.1, -0.05) is 59.5 Å². The summed E-state index contributed by atoms with van der Waals surface area (Å²) < 4.78 is 0.